The lowest BCUT2D eigenvalue weighted by atomic mass is 10.2. The largest absolute Gasteiger partial charge is 0.493 e. The predicted molar refractivity (Wildman–Crippen MR) is 65.8 cm³/mol. The van der Waals surface area contributed by atoms with Crippen molar-refractivity contribution >= 4 is 0 Å². The Morgan fingerprint density at radius 3 is 2.50 bits per heavy atom. The van der Waals surface area contributed by atoms with E-state index in [9.17, 15) is 13.2 Å². The number of hydrogen-bond donors (Lipinski definition) is 1. The van der Waals surface area contributed by atoms with Crippen LogP contribution in [0.2, 0.25) is 0 Å². The topological polar surface area (TPSA) is 54.8 Å². The van der Waals surface area contributed by atoms with E-state index in [4.69, 9.17) is 14.6 Å². The predicted octanol–water partition coefficient (Wildman–Crippen LogP) is 1.46. The maximum Gasteiger partial charge on any atom is 0.401 e. The minimum atomic E-state index is -4.35. The second-order valence-electron chi connectivity index (χ2n) is 4.04. The second kappa shape index (κ2) is 7.30. The van der Waals surface area contributed by atoms with Crippen LogP contribution in [0.3, 0.4) is 0 Å². The first-order valence-corrected chi connectivity index (χ1v) is 5.87. The molecular formula is C12H17F3N2O3. The Balaban J connectivity index is 2.93. The summed E-state index contributed by atoms with van der Waals surface area (Å²) in [6.07, 6.45) is -2.91. The maximum atomic E-state index is 12.5. The first-order valence-electron chi connectivity index (χ1n) is 5.87. The smallest absolute Gasteiger partial charge is 0.401 e. The lowest BCUT2D eigenvalue weighted by Gasteiger charge is -2.23. The molecule has 0 aliphatic heterocycles. The Morgan fingerprint density at radius 1 is 1.30 bits per heavy atom. The summed E-state index contributed by atoms with van der Waals surface area (Å²) >= 11 is 0. The van der Waals surface area contributed by atoms with Crippen molar-refractivity contribution in [1.82, 2.24) is 9.88 Å². The first kappa shape index (κ1) is 16.5. The standard InChI is InChI=1S/C12H17F3N2O3/c1-19-10-3-4-16-9(11(10)20-2)7-17(5-6-18)8-12(13,14)15/h3-4,18H,5-8H2,1-2H3. The molecule has 0 saturated carbocycles. The Bertz CT molecular complexity index is 427. The van der Waals surface area contributed by atoms with Crippen molar-refractivity contribution < 1.29 is 27.8 Å². The number of ether oxygens (including phenoxy) is 2. The van der Waals surface area contributed by atoms with Gasteiger partial charge in [-0.3, -0.25) is 9.88 Å². The number of hydrogen-bond acceptors (Lipinski definition) is 5. The number of nitrogens with zero attached hydrogens (tertiary/aromatic N) is 2. The molecule has 1 rings (SSSR count). The quantitative estimate of drug-likeness (QED) is 0.825. The Morgan fingerprint density at radius 2 is 2.00 bits per heavy atom. The number of methoxy groups -OCH3 is 2. The molecule has 0 bridgehead atoms. The zero-order valence-corrected chi connectivity index (χ0v) is 11.3. The van der Waals surface area contributed by atoms with Crippen LogP contribution in [0.4, 0.5) is 13.2 Å². The summed E-state index contributed by atoms with van der Waals surface area (Å²) in [7, 11) is 2.83. The van der Waals surface area contributed by atoms with Gasteiger partial charge >= 0.3 is 6.18 Å². The molecule has 1 aromatic heterocycles. The SMILES string of the molecule is COc1ccnc(CN(CCO)CC(F)(F)F)c1OC. The van der Waals surface area contributed by atoms with Gasteiger partial charge in [-0.15, -0.1) is 0 Å². The summed E-state index contributed by atoms with van der Waals surface area (Å²) in [5, 5.41) is 8.85. The van der Waals surface area contributed by atoms with Crippen molar-refractivity contribution in [1.29, 1.82) is 0 Å². The minimum absolute atomic E-state index is 0.0968. The van der Waals surface area contributed by atoms with E-state index < -0.39 is 12.7 Å². The second-order valence-corrected chi connectivity index (χ2v) is 4.04. The highest BCUT2D eigenvalue weighted by Crippen LogP contribution is 2.30. The molecule has 0 aliphatic carbocycles. The fraction of sp³-hybridized carbons (Fsp3) is 0.583. The van der Waals surface area contributed by atoms with Gasteiger partial charge in [-0.2, -0.15) is 13.2 Å². The lowest BCUT2D eigenvalue weighted by molar-refractivity contribution is -0.148. The molecule has 5 nitrogen and oxygen atoms in total. The van der Waals surface area contributed by atoms with Crippen LogP contribution in [0.25, 0.3) is 0 Å². The lowest BCUT2D eigenvalue weighted by Crippen LogP contribution is -2.36. The van der Waals surface area contributed by atoms with Crippen molar-refractivity contribution in [3.63, 3.8) is 0 Å². The molecule has 1 aromatic rings. The number of aliphatic hydroxyl groups excluding tert-OH is 1. The monoisotopic (exact) mass is 294 g/mol. The van der Waals surface area contributed by atoms with Gasteiger partial charge in [-0.25, -0.2) is 0 Å². The molecule has 0 amide bonds. The molecule has 0 atom stereocenters. The van der Waals surface area contributed by atoms with E-state index in [0.29, 0.717) is 17.2 Å². The summed E-state index contributed by atoms with van der Waals surface area (Å²) in [5.74, 6) is 0.688. The summed E-state index contributed by atoms with van der Waals surface area (Å²) in [4.78, 5) is 5.06. The van der Waals surface area contributed by atoms with E-state index in [1.807, 2.05) is 0 Å². The molecule has 0 saturated heterocycles. The molecule has 0 unspecified atom stereocenters. The summed E-state index contributed by atoms with van der Waals surface area (Å²) in [6, 6.07) is 1.56. The van der Waals surface area contributed by atoms with E-state index in [0.717, 1.165) is 4.90 Å². The molecule has 1 heterocycles. The van der Waals surface area contributed by atoms with Crippen LogP contribution in [-0.4, -0.2) is 55.1 Å². The van der Waals surface area contributed by atoms with E-state index in [2.05, 4.69) is 4.98 Å². The van der Waals surface area contributed by atoms with Crippen molar-refractivity contribution in [2.75, 3.05) is 33.9 Å². The van der Waals surface area contributed by atoms with Crippen LogP contribution < -0.4 is 9.47 Å². The zero-order chi connectivity index (χ0) is 15.2. The normalized spacial score (nSPS) is 11.8. The fourth-order valence-electron chi connectivity index (χ4n) is 1.78. The van der Waals surface area contributed by atoms with Crippen molar-refractivity contribution in [2.24, 2.45) is 0 Å². The average molecular weight is 294 g/mol. The van der Waals surface area contributed by atoms with Crippen molar-refractivity contribution in [3.05, 3.63) is 18.0 Å². The molecule has 0 spiro atoms. The molecule has 0 radical (unpaired) electrons. The maximum absolute atomic E-state index is 12.5. The van der Waals surface area contributed by atoms with Gasteiger partial charge in [0.05, 0.1) is 27.4 Å². The first-order chi connectivity index (χ1) is 9.41. The van der Waals surface area contributed by atoms with Crippen molar-refractivity contribution in [2.45, 2.75) is 12.7 Å². The third-order valence-electron chi connectivity index (χ3n) is 2.56. The molecule has 114 valence electrons. The third kappa shape index (κ3) is 4.86. The van der Waals surface area contributed by atoms with Crippen molar-refractivity contribution in [3.8, 4) is 11.5 Å². The van der Waals surface area contributed by atoms with Crippen LogP contribution in [0.5, 0.6) is 11.5 Å². The highest BCUT2D eigenvalue weighted by atomic mass is 19.4. The van der Waals surface area contributed by atoms with Gasteiger partial charge < -0.3 is 14.6 Å². The van der Waals surface area contributed by atoms with Gasteiger partial charge in [0.1, 0.15) is 5.69 Å². The van der Waals surface area contributed by atoms with Crippen LogP contribution in [0, 0.1) is 0 Å². The number of pyridine rings is 1. The van der Waals surface area contributed by atoms with E-state index in [-0.39, 0.29) is 19.7 Å². The van der Waals surface area contributed by atoms with E-state index in [1.54, 1.807) is 6.07 Å². The number of aromatic nitrogens is 1. The highest BCUT2D eigenvalue weighted by Gasteiger charge is 2.31. The fourth-order valence-corrected chi connectivity index (χ4v) is 1.78. The molecule has 0 aromatic carbocycles. The number of rotatable bonds is 7. The summed E-state index contributed by atoms with van der Waals surface area (Å²) in [5.41, 5.74) is 0.324. The number of alkyl halides is 3. The van der Waals surface area contributed by atoms with Gasteiger partial charge in [0.2, 0.25) is 0 Å². The molecule has 1 N–H and O–H groups in total. The van der Waals surface area contributed by atoms with E-state index in [1.165, 1.54) is 20.4 Å². The minimum Gasteiger partial charge on any atom is -0.493 e. The summed E-state index contributed by atoms with van der Waals surface area (Å²) < 4.78 is 47.6. The van der Waals surface area contributed by atoms with Gasteiger partial charge in [-0.05, 0) is 0 Å². The van der Waals surface area contributed by atoms with Gasteiger partial charge in [0.25, 0.3) is 0 Å². The highest BCUT2D eigenvalue weighted by molar-refractivity contribution is 5.42. The molecule has 8 heteroatoms. The Kier molecular flexibility index (Phi) is 6.03. The molecule has 0 fully saturated rings. The zero-order valence-electron chi connectivity index (χ0n) is 11.3. The van der Waals surface area contributed by atoms with Crippen LogP contribution in [0.1, 0.15) is 5.69 Å². The Labute approximate surface area is 114 Å². The third-order valence-corrected chi connectivity index (χ3v) is 2.56. The average Bonchev–Trinajstić information content (AvgIpc) is 2.36. The number of aliphatic hydroxyl groups is 1. The van der Waals surface area contributed by atoms with E-state index >= 15 is 0 Å². The van der Waals surface area contributed by atoms with Gasteiger partial charge in [0.15, 0.2) is 11.5 Å². The number of halogens is 3. The molecule has 0 aliphatic rings. The molecular weight excluding hydrogens is 277 g/mol. The summed E-state index contributed by atoms with van der Waals surface area (Å²) in [6.45, 7) is -1.71. The van der Waals surface area contributed by atoms with Crippen LogP contribution in [0.15, 0.2) is 12.3 Å². The van der Waals surface area contributed by atoms with Crippen LogP contribution >= 0.6 is 0 Å². The Hall–Kier alpha value is -1.54. The molecule has 20 heavy (non-hydrogen) atoms. The van der Waals surface area contributed by atoms with Gasteiger partial charge in [-0.1, -0.05) is 0 Å². The van der Waals surface area contributed by atoms with Gasteiger partial charge in [0, 0.05) is 25.4 Å². The van der Waals surface area contributed by atoms with Crippen LogP contribution in [-0.2, 0) is 6.54 Å².